The summed E-state index contributed by atoms with van der Waals surface area (Å²) in [6.07, 6.45) is 2.57. The molecule has 0 heterocycles. The number of aldehydes is 1. The monoisotopic (exact) mass is 406 g/mol. The summed E-state index contributed by atoms with van der Waals surface area (Å²) in [5.74, 6) is 0. The van der Waals surface area contributed by atoms with Crippen molar-refractivity contribution in [3.8, 4) is 0 Å². The van der Waals surface area contributed by atoms with Gasteiger partial charge in [0.15, 0.2) is 0 Å². The minimum atomic E-state index is -3.32. The summed E-state index contributed by atoms with van der Waals surface area (Å²) in [6, 6.07) is 31.8. The Bertz CT molecular complexity index is 683. The molecule has 1 nitrogen and oxygen atoms in total. The molecule has 3 aromatic rings. The molecule has 0 saturated carbocycles. The summed E-state index contributed by atoms with van der Waals surface area (Å²) >= 11 is -3.32. The zero-order chi connectivity index (χ0) is 16.0. The SMILES string of the molecule is O=C/C=[CH]/[Sn]([c]1ccccc1)([c]1ccccc1)[c]1ccccc1. The summed E-state index contributed by atoms with van der Waals surface area (Å²) in [6.45, 7) is 0. The van der Waals surface area contributed by atoms with Crippen LogP contribution in [0.2, 0.25) is 0 Å². The van der Waals surface area contributed by atoms with E-state index in [1.807, 2.05) is 18.2 Å². The number of carbonyl (C=O) groups is 1. The normalized spacial score (nSPS) is 11.5. The van der Waals surface area contributed by atoms with Gasteiger partial charge < -0.3 is 0 Å². The third kappa shape index (κ3) is 3.15. The fourth-order valence-corrected chi connectivity index (χ4v) is 14.8. The van der Waals surface area contributed by atoms with Gasteiger partial charge in [0.1, 0.15) is 0 Å². The summed E-state index contributed by atoms with van der Waals surface area (Å²) in [4.78, 5) is 11.1. The van der Waals surface area contributed by atoms with E-state index in [0.717, 1.165) is 6.29 Å². The topological polar surface area (TPSA) is 17.1 Å². The van der Waals surface area contributed by atoms with E-state index >= 15 is 0 Å². The molecular formula is C21H18OSn. The van der Waals surface area contributed by atoms with E-state index in [9.17, 15) is 4.79 Å². The van der Waals surface area contributed by atoms with Gasteiger partial charge in [0.2, 0.25) is 0 Å². The molecule has 0 amide bonds. The van der Waals surface area contributed by atoms with Crippen molar-refractivity contribution in [3.63, 3.8) is 0 Å². The van der Waals surface area contributed by atoms with Gasteiger partial charge in [-0.25, -0.2) is 0 Å². The average molecular weight is 405 g/mol. The standard InChI is InChI=1S/3C6H5.C3H3O.Sn/c3*1-2-4-6-5-3-1;1-2-3-4;/h3*1-5H;1-3H;. The molecular weight excluding hydrogens is 387 g/mol. The van der Waals surface area contributed by atoms with Crippen LogP contribution in [0.3, 0.4) is 0 Å². The Morgan fingerprint density at radius 3 is 1.22 bits per heavy atom. The molecule has 0 fully saturated rings. The van der Waals surface area contributed by atoms with Gasteiger partial charge in [-0.2, -0.15) is 0 Å². The Kier molecular flexibility index (Phi) is 5.08. The first-order chi connectivity index (χ1) is 11.4. The van der Waals surface area contributed by atoms with Crippen molar-refractivity contribution in [3.05, 3.63) is 101 Å². The number of hydrogen-bond acceptors (Lipinski definition) is 1. The van der Waals surface area contributed by atoms with Gasteiger partial charge in [-0.15, -0.1) is 0 Å². The second-order valence-corrected chi connectivity index (χ2v) is 15.9. The Balaban J connectivity index is 2.35. The van der Waals surface area contributed by atoms with Gasteiger partial charge in [-0.3, -0.25) is 0 Å². The minimum absolute atomic E-state index is 0.889. The summed E-state index contributed by atoms with van der Waals surface area (Å²) < 4.78 is 6.23. The molecule has 2 heteroatoms. The van der Waals surface area contributed by atoms with Gasteiger partial charge in [0.05, 0.1) is 0 Å². The van der Waals surface area contributed by atoms with Crippen LogP contribution in [0.15, 0.2) is 101 Å². The maximum atomic E-state index is 11.1. The van der Waals surface area contributed by atoms with Crippen LogP contribution < -0.4 is 10.7 Å². The van der Waals surface area contributed by atoms with Crippen LogP contribution in [0.25, 0.3) is 0 Å². The van der Waals surface area contributed by atoms with Crippen molar-refractivity contribution >= 4 is 35.4 Å². The first kappa shape index (κ1) is 15.8. The number of hydrogen-bond donors (Lipinski definition) is 0. The fourth-order valence-electron chi connectivity index (χ4n) is 3.08. The molecule has 0 radical (unpaired) electrons. The molecule has 0 spiro atoms. The molecule has 0 atom stereocenters. The van der Waals surface area contributed by atoms with Crippen molar-refractivity contribution in [2.24, 2.45) is 0 Å². The van der Waals surface area contributed by atoms with Crippen LogP contribution in [0.4, 0.5) is 0 Å². The molecule has 0 aliphatic rings. The molecule has 0 N–H and O–H groups in total. The van der Waals surface area contributed by atoms with Gasteiger partial charge in [-0.1, -0.05) is 0 Å². The van der Waals surface area contributed by atoms with E-state index in [-0.39, 0.29) is 0 Å². The number of benzene rings is 3. The van der Waals surface area contributed by atoms with Crippen LogP contribution in [-0.4, -0.2) is 24.7 Å². The third-order valence-corrected chi connectivity index (χ3v) is 16.7. The molecule has 0 bridgehead atoms. The van der Waals surface area contributed by atoms with E-state index in [1.165, 1.54) is 10.7 Å². The molecule has 0 unspecified atom stereocenters. The molecule has 3 rings (SSSR count). The van der Waals surface area contributed by atoms with Gasteiger partial charge in [0.25, 0.3) is 0 Å². The Labute approximate surface area is 141 Å². The zero-order valence-corrected chi connectivity index (χ0v) is 15.7. The fraction of sp³-hybridized carbons (Fsp3) is 0. The van der Waals surface area contributed by atoms with E-state index in [1.54, 1.807) is 6.08 Å². The zero-order valence-electron chi connectivity index (χ0n) is 12.8. The van der Waals surface area contributed by atoms with Crippen molar-refractivity contribution in [2.75, 3.05) is 0 Å². The molecule has 0 aliphatic heterocycles. The van der Waals surface area contributed by atoms with Crippen LogP contribution in [0.1, 0.15) is 0 Å². The molecule has 112 valence electrons. The molecule has 0 aromatic heterocycles. The third-order valence-electron chi connectivity index (χ3n) is 4.11. The van der Waals surface area contributed by atoms with Crippen molar-refractivity contribution < 1.29 is 4.79 Å². The van der Waals surface area contributed by atoms with E-state index < -0.39 is 18.4 Å². The maximum absolute atomic E-state index is 11.1. The van der Waals surface area contributed by atoms with E-state index in [2.05, 4.69) is 76.9 Å². The second kappa shape index (κ2) is 7.42. The summed E-state index contributed by atoms with van der Waals surface area (Å²) in [7, 11) is 0. The number of rotatable bonds is 5. The second-order valence-electron chi connectivity index (χ2n) is 5.40. The Morgan fingerprint density at radius 1 is 0.565 bits per heavy atom. The predicted molar refractivity (Wildman–Crippen MR) is 99.2 cm³/mol. The van der Waals surface area contributed by atoms with E-state index in [4.69, 9.17) is 0 Å². The Hall–Kier alpha value is -2.13. The summed E-state index contributed by atoms with van der Waals surface area (Å²) in [5.41, 5.74) is 0. The first-order valence-corrected chi connectivity index (χ1v) is 13.6. The van der Waals surface area contributed by atoms with Crippen LogP contribution in [-0.2, 0) is 4.79 Å². The average Bonchev–Trinajstić information content (AvgIpc) is 2.65. The first-order valence-electron chi connectivity index (χ1n) is 7.67. The molecule has 23 heavy (non-hydrogen) atoms. The molecule has 3 aromatic carbocycles. The number of carbonyl (C=O) groups excluding carboxylic acids is 1. The quantitative estimate of drug-likeness (QED) is 0.362. The van der Waals surface area contributed by atoms with Gasteiger partial charge >= 0.3 is 141 Å². The van der Waals surface area contributed by atoms with Crippen LogP contribution >= 0.6 is 0 Å². The van der Waals surface area contributed by atoms with Crippen LogP contribution in [0.5, 0.6) is 0 Å². The Morgan fingerprint density at radius 2 is 0.913 bits per heavy atom. The van der Waals surface area contributed by atoms with Gasteiger partial charge in [0, 0.05) is 0 Å². The van der Waals surface area contributed by atoms with E-state index in [0.29, 0.717) is 0 Å². The van der Waals surface area contributed by atoms with Crippen molar-refractivity contribution in [1.82, 2.24) is 0 Å². The van der Waals surface area contributed by atoms with Gasteiger partial charge in [-0.05, 0) is 0 Å². The predicted octanol–water partition coefficient (Wildman–Crippen LogP) is 2.45. The molecule has 0 saturated heterocycles. The van der Waals surface area contributed by atoms with Crippen molar-refractivity contribution in [1.29, 1.82) is 0 Å². The molecule has 0 aliphatic carbocycles. The summed E-state index contributed by atoms with van der Waals surface area (Å²) in [5, 5.41) is 0. The van der Waals surface area contributed by atoms with Crippen molar-refractivity contribution in [2.45, 2.75) is 0 Å². The van der Waals surface area contributed by atoms with Crippen LogP contribution in [0, 0.1) is 0 Å². The number of allylic oxidation sites excluding steroid dienone is 1.